The second-order valence-corrected chi connectivity index (χ2v) is 12.8. The topological polar surface area (TPSA) is 78.1 Å². The third-order valence-corrected chi connectivity index (χ3v) is 9.76. The van der Waals surface area contributed by atoms with E-state index in [1.165, 1.54) is 0 Å². The van der Waals surface area contributed by atoms with Gasteiger partial charge in [-0.2, -0.15) is 0 Å². The Kier molecular flexibility index (Phi) is 5.86. The van der Waals surface area contributed by atoms with Crippen LogP contribution >= 0.6 is 0 Å². The standard InChI is InChI=1S/C45H25N3O3/c1-2-10-26(11-3-1)43-46-44(48-45(47-43)34-16-9-19-39-41(34)33-13-5-7-18-37(33)49-39)28-20-22-31-35-24-27(21-23-38(35)50-40(31)25-28)29-14-8-15-32-30-12-4-6-17-36(30)51-42(29)32/h1-25H. The van der Waals surface area contributed by atoms with Crippen molar-refractivity contribution in [1.82, 2.24) is 15.0 Å². The lowest BCUT2D eigenvalue weighted by Gasteiger charge is -2.09. The van der Waals surface area contributed by atoms with Gasteiger partial charge in [-0.25, -0.2) is 15.0 Å². The van der Waals surface area contributed by atoms with Crippen molar-refractivity contribution in [3.05, 3.63) is 152 Å². The summed E-state index contributed by atoms with van der Waals surface area (Å²) in [4.78, 5) is 15.1. The minimum atomic E-state index is 0.559. The second kappa shape index (κ2) is 10.7. The molecule has 0 unspecified atom stereocenters. The summed E-state index contributed by atoms with van der Waals surface area (Å²) in [5.74, 6) is 1.72. The number of para-hydroxylation sites is 3. The lowest BCUT2D eigenvalue weighted by molar-refractivity contribution is 0.668. The first kappa shape index (κ1) is 27.9. The smallest absolute Gasteiger partial charge is 0.164 e. The van der Waals surface area contributed by atoms with Crippen molar-refractivity contribution in [3.63, 3.8) is 0 Å². The lowest BCUT2D eigenvalue weighted by atomic mass is 10.00. The van der Waals surface area contributed by atoms with E-state index in [-0.39, 0.29) is 0 Å². The van der Waals surface area contributed by atoms with Crippen LogP contribution in [0.2, 0.25) is 0 Å². The molecule has 11 rings (SSSR count). The Balaban J connectivity index is 1.07. The van der Waals surface area contributed by atoms with Gasteiger partial charge in [0.1, 0.15) is 33.5 Å². The average molecular weight is 656 g/mol. The summed E-state index contributed by atoms with van der Waals surface area (Å²) in [6.45, 7) is 0. The fraction of sp³-hybridized carbons (Fsp3) is 0. The molecule has 0 saturated carbocycles. The molecule has 0 aliphatic carbocycles. The molecule has 238 valence electrons. The van der Waals surface area contributed by atoms with Gasteiger partial charge in [-0.05, 0) is 48.0 Å². The van der Waals surface area contributed by atoms with Crippen LogP contribution in [-0.4, -0.2) is 15.0 Å². The summed E-state index contributed by atoms with van der Waals surface area (Å²) < 4.78 is 19.0. The zero-order valence-electron chi connectivity index (χ0n) is 27.0. The van der Waals surface area contributed by atoms with Gasteiger partial charge in [0.05, 0.1) is 0 Å². The molecule has 0 spiro atoms. The Hall–Kier alpha value is -7.05. The molecule has 0 aliphatic heterocycles. The van der Waals surface area contributed by atoms with Crippen molar-refractivity contribution in [2.24, 2.45) is 0 Å². The van der Waals surface area contributed by atoms with Gasteiger partial charge in [-0.1, -0.05) is 109 Å². The van der Waals surface area contributed by atoms with Crippen LogP contribution in [0.5, 0.6) is 0 Å². The molecule has 0 aliphatic rings. The van der Waals surface area contributed by atoms with Gasteiger partial charge in [0, 0.05) is 54.6 Å². The zero-order chi connectivity index (χ0) is 33.5. The van der Waals surface area contributed by atoms with E-state index in [0.29, 0.717) is 17.5 Å². The number of furan rings is 3. The van der Waals surface area contributed by atoms with Gasteiger partial charge in [0.2, 0.25) is 0 Å². The molecule has 7 aromatic carbocycles. The van der Waals surface area contributed by atoms with Crippen LogP contribution in [0.4, 0.5) is 0 Å². The summed E-state index contributed by atoms with van der Waals surface area (Å²) >= 11 is 0. The third kappa shape index (κ3) is 4.33. The predicted octanol–water partition coefficient (Wildman–Crippen LogP) is 12.2. The van der Waals surface area contributed by atoms with Gasteiger partial charge in [0.25, 0.3) is 0 Å². The van der Waals surface area contributed by atoms with Crippen molar-refractivity contribution < 1.29 is 13.3 Å². The highest BCUT2D eigenvalue weighted by molar-refractivity contribution is 6.13. The van der Waals surface area contributed by atoms with E-state index in [4.69, 9.17) is 28.2 Å². The number of rotatable bonds is 4. The summed E-state index contributed by atoms with van der Waals surface area (Å²) in [6.07, 6.45) is 0. The van der Waals surface area contributed by atoms with Crippen molar-refractivity contribution >= 4 is 65.8 Å². The van der Waals surface area contributed by atoms with Crippen molar-refractivity contribution in [2.45, 2.75) is 0 Å². The van der Waals surface area contributed by atoms with Gasteiger partial charge in [-0.15, -0.1) is 0 Å². The maximum Gasteiger partial charge on any atom is 0.164 e. The highest BCUT2D eigenvalue weighted by atomic mass is 16.3. The van der Waals surface area contributed by atoms with Crippen LogP contribution in [0.25, 0.3) is 111 Å². The van der Waals surface area contributed by atoms with E-state index in [9.17, 15) is 0 Å². The monoisotopic (exact) mass is 655 g/mol. The van der Waals surface area contributed by atoms with Crippen molar-refractivity contribution in [2.75, 3.05) is 0 Å². The molecule has 6 nitrogen and oxygen atoms in total. The normalized spacial score (nSPS) is 11.9. The van der Waals surface area contributed by atoms with Crippen LogP contribution in [0.3, 0.4) is 0 Å². The van der Waals surface area contributed by atoms with Crippen molar-refractivity contribution in [1.29, 1.82) is 0 Å². The first-order chi connectivity index (χ1) is 25.2. The van der Waals surface area contributed by atoms with Crippen LogP contribution in [-0.2, 0) is 0 Å². The molecule has 4 aromatic heterocycles. The van der Waals surface area contributed by atoms with Gasteiger partial charge in [0.15, 0.2) is 17.5 Å². The lowest BCUT2D eigenvalue weighted by Crippen LogP contribution is -2.00. The number of hydrogen-bond acceptors (Lipinski definition) is 6. The highest BCUT2D eigenvalue weighted by Gasteiger charge is 2.19. The van der Waals surface area contributed by atoms with Gasteiger partial charge in [-0.3, -0.25) is 0 Å². The Morgan fingerprint density at radius 1 is 0.314 bits per heavy atom. The minimum Gasteiger partial charge on any atom is -0.456 e. The Labute approximate surface area is 290 Å². The van der Waals surface area contributed by atoms with E-state index in [2.05, 4.69) is 54.6 Å². The maximum absolute atomic E-state index is 6.46. The predicted molar refractivity (Wildman–Crippen MR) is 203 cm³/mol. The van der Waals surface area contributed by atoms with E-state index in [0.717, 1.165) is 93.6 Å². The third-order valence-electron chi connectivity index (χ3n) is 9.76. The molecule has 0 radical (unpaired) electrons. The number of fused-ring (bicyclic) bond motifs is 9. The zero-order valence-corrected chi connectivity index (χ0v) is 27.0. The molecule has 0 fully saturated rings. The molecule has 4 heterocycles. The van der Waals surface area contributed by atoms with Crippen LogP contribution in [0.15, 0.2) is 165 Å². The summed E-state index contributed by atoms with van der Waals surface area (Å²) in [5.41, 5.74) is 9.67. The van der Waals surface area contributed by atoms with E-state index >= 15 is 0 Å². The summed E-state index contributed by atoms with van der Waals surface area (Å²) in [7, 11) is 0. The first-order valence-electron chi connectivity index (χ1n) is 16.8. The maximum atomic E-state index is 6.46. The highest BCUT2D eigenvalue weighted by Crippen LogP contribution is 2.40. The molecule has 6 heteroatoms. The average Bonchev–Trinajstić information content (AvgIpc) is 3.88. The summed E-state index contributed by atoms with van der Waals surface area (Å²) in [6, 6.07) is 51.1. The number of aromatic nitrogens is 3. The molecule has 0 saturated heterocycles. The molecule has 11 aromatic rings. The number of benzene rings is 7. The molecule has 0 bridgehead atoms. The molecule has 0 N–H and O–H groups in total. The molecular formula is C45H25N3O3. The number of hydrogen-bond donors (Lipinski definition) is 0. The largest absolute Gasteiger partial charge is 0.456 e. The molecular weight excluding hydrogens is 631 g/mol. The second-order valence-electron chi connectivity index (χ2n) is 12.8. The van der Waals surface area contributed by atoms with Crippen LogP contribution in [0, 0.1) is 0 Å². The fourth-order valence-electron chi connectivity index (χ4n) is 7.36. The Morgan fingerprint density at radius 3 is 1.80 bits per heavy atom. The molecule has 0 atom stereocenters. The number of nitrogens with zero attached hydrogens (tertiary/aromatic N) is 3. The molecule has 0 amide bonds. The first-order valence-corrected chi connectivity index (χ1v) is 16.8. The van der Waals surface area contributed by atoms with E-state index in [1.54, 1.807) is 0 Å². The van der Waals surface area contributed by atoms with Gasteiger partial charge < -0.3 is 13.3 Å². The quantitative estimate of drug-likeness (QED) is 0.188. The van der Waals surface area contributed by atoms with E-state index < -0.39 is 0 Å². The summed E-state index contributed by atoms with van der Waals surface area (Å²) in [5, 5.41) is 6.26. The van der Waals surface area contributed by atoms with Crippen molar-refractivity contribution in [3.8, 4) is 45.3 Å². The van der Waals surface area contributed by atoms with Gasteiger partial charge >= 0.3 is 0 Å². The molecule has 51 heavy (non-hydrogen) atoms. The SMILES string of the molecule is c1ccc(-c2nc(-c3ccc4c(c3)oc3ccc(-c5cccc6c5oc5ccccc56)cc34)nc(-c3cccc4oc5ccccc5c34)n2)cc1. The van der Waals surface area contributed by atoms with E-state index in [1.807, 2.05) is 97.1 Å². The van der Waals surface area contributed by atoms with Crippen LogP contribution in [0.1, 0.15) is 0 Å². The fourth-order valence-corrected chi connectivity index (χ4v) is 7.36. The Morgan fingerprint density at radius 2 is 0.922 bits per heavy atom. The minimum absolute atomic E-state index is 0.559. The van der Waals surface area contributed by atoms with Crippen LogP contribution < -0.4 is 0 Å². The Bertz CT molecular complexity index is 3150.